The maximum atomic E-state index is 5.46. The molecule has 0 bridgehead atoms. The molecule has 0 aromatic rings. The van der Waals surface area contributed by atoms with Gasteiger partial charge in [-0.2, -0.15) is 0 Å². The Hall–Kier alpha value is 1.000. The zero-order valence-corrected chi connectivity index (χ0v) is 13.4. The minimum atomic E-state index is 0. The minimum absolute atomic E-state index is 0. The lowest BCUT2D eigenvalue weighted by molar-refractivity contribution is 0.268. The van der Waals surface area contributed by atoms with Gasteiger partial charge < -0.3 is 22.1 Å². The Balaban J connectivity index is -0.000000120. The molecule has 0 amide bonds. The van der Waals surface area contributed by atoms with E-state index in [9.17, 15) is 0 Å². The van der Waals surface area contributed by atoms with E-state index in [1.54, 1.807) is 0 Å². The predicted molar refractivity (Wildman–Crippen MR) is 86.4 cm³/mol. The van der Waals surface area contributed by atoms with Crippen LogP contribution < -0.4 is 17.2 Å². The number of rotatable bonds is 9. The summed E-state index contributed by atoms with van der Waals surface area (Å²) in [5.74, 6) is 0. The predicted octanol–water partition coefficient (Wildman–Crippen LogP) is 1.02. The van der Waals surface area contributed by atoms with Crippen molar-refractivity contribution in [2.24, 2.45) is 17.2 Å². The summed E-state index contributed by atoms with van der Waals surface area (Å²) in [6.07, 6.45) is 3.19. The highest BCUT2D eigenvalue weighted by atomic mass is 35.5. The number of hydrogen-bond acceptors (Lipinski definition) is 4. The average molecular weight is 334 g/mol. The van der Waals surface area contributed by atoms with Gasteiger partial charge in [0.05, 0.1) is 0 Å². The third kappa shape index (κ3) is 22.6. The smallest absolute Gasteiger partial charge is 0.000670 e. The Labute approximate surface area is 130 Å². The molecule has 0 saturated heterocycles. The second kappa shape index (κ2) is 25.8. The highest BCUT2D eigenvalue weighted by Crippen LogP contribution is 1.94. The molecule has 8 heteroatoms. The molecule has 0 unspecified atom stereocenters. The lowest BCUT2D eigenvalue weighted by Gasteiger charge is -2.21. The van der Waals surface area contributed by atoms with Crippen molar-refractivity contribution in [2.75, 3.05) is 39.3 Å². The maximum Gasteiger partial charge on any atom is -0.000670 e. The molecule has 0 fully saturated rings. The van der Waals surface area contributed by atoms with Crippen molar-refractivity contribution >= 4 is 49.6 Å². The van der Waals surface area contributed by atoms with Crippen LogP contribution in [-0.2, 0) is 0 Å². The molecule has 0 heterocycles. The summed E-state index contributed by atoms with van der Waals surface area (Å²) in [7, 11) is 0. The van der Waals surface area contributed by atoms with Gasteiger partial charge in [0.25, 0.3) is 0 Å². The molecule has 0 aromatic carbocycles. The highest BCUT2D eigenvalue weighted by molar-refractivity contribution is 5.86. The van der Waals surface area contributed by atoms with E-state index in [0.29, 0.717) is 0 Å². The van der Waals surface area contributed by atoms with Gasteiger partial charge in [0.1, 0.15) is 0 Å². The Morgan fingerprint density at radius 3 is 0.941 bits per heavy atom. The molecule has 6 N–H and O–H groups in total. The van der Waals surface area contributed by atoms with Crippen LogP contribution in [0, 0.1) is 0 Å². The molecule has 112 valence electrons. The minimum Gasteiger partial charge on any atom is -0.330 e. The first-order chi connectivity index (χ1) is 6.35. The van der Waals surface area contributed by atoms with Gasteiger partial charge in [0, 0.05) is 0 Å². The van der Waals surface area contributed by atoms with Crippen molar-refractivity contribution in [3.63, 3.8) is 0 Å². The zero-order valence-electron chi connectivity index (χ0n) is 10.2. The van der Waals surface area contributed by atoms with Gasteiger partial charge in [-0.25, -0.2) is 0 Å². The fraction of sp³-hybridized carbons (Fsp3) is 1.00. The first-order valence-corrected chi connectivity index (χ1v) is 5.17. The average Bonchev–Trinajstić information content (AvgIpc) is 2.17. The molecule has 0 saturated carbocycles. The van der Waals surface area contributed by atoms with Crippen molar-refractivity contribution in [3.8, 4) is 0 Å². The normalized spacial score (nSPS) is 8.47. The lowest BCUT2D eigenvalue weighted by Crippen LogP contribution is -2.30. The third-order valence-corrected chi connectivity index (χ3v) is 2.04. The third-order valence-electron chi connectivity index (χ3n) is 2.04. The van der Waals surface area contributed by atoms with Crippen molar-refractivity contribution in [3.05, 3.63) is 0 Å². The first kappa shape index (κ1) is 30.8. The van der Waals surface area contributed by atoms with Crippen LogP contribution >= 0.6 is 49.6 Å². The molecular formula is C9H28Cl4N4. The van der Waals surface area contributed by atoms with Crippen LogP contribution in [-0.4, -0.2) is 44.2 Å². The standard InChI is InChI=1S/C9H24N4.4ClH/c10-4-1-7-13(8-2-5-11)9-3-6-12;;;;/h1-12H2;4*1H. The summed E-state index contributed by atoms with van der Waals surface area (Å²) >= 11 is 0. The van der Waals surface area contributed by atoms with Crippen LogP contribution in [0.25, 0.3) is 0 Å². The lowest BCUT2D eigenvalue weighted by atomic mass is 10.3. The SMILES string of the molecule is Cl.Cl.Cl.Cl.NCCCN(CCCN)CCCN. The number of hydrogen-bond donors (Lipinski definition) is 3. The molecule has 0 aliphatic rings. The molecule has 4 nitrogen and oxygen atoms in total. The molecule has 0 aliphatic heterocycles. The topological polar surface area (TPSA) is 81.3 Å². The second-order valence-electron chi connectivity index (χ2n) is 3.27. The van der Waals surface area contributed by atoms with Crippen molar-refractivity contribution in [1.29, 1.82) is 0 Å². The molecule has 0 spiro atoms. The first-order valence-electron chi connectivity index (χ1n) is 5.17. The van der Waals surface area contributed by atoms with Crippen LogP contribution in [0.2, 0.25) is 0 Å². The summed E-state index contributed by atoms with van der Waals surface area (Å²) in [4.78, 5) is 2.40. The Morgan fingerprint density at radius 1 is 0.529 bits per heavy atom. The van der Waals surface area contributed by atoms with E-state index in [4.69, 9.17) is 17.2 Å². The van der Waals surface area contributed by atoms with Crippen molar-refractivity contribution in [1.82, 2.24) is 4.90 Å². The van der Waals surface area contributed by atoms with Crippen LogP contribution in [0.4, 0.5) is 0 Å². The summed E-state index contributed by atoms with van der Waals surface area (Å²) in [6, 6.07) is 0. The van der Waals surface area contributed by atoms with Crippen molar-refractivity contribution < 1.29 is 0 Å². The highest BCUT2D eigenvalue weighted by Gasteiger charge is 2.02. The van der Waals surface area contributed by atoms with E-state index in [2.05, 4.69) is 4.90 Å². The summed E-state index contributed by atoms with van der Waals surface area (Å²) in [5.41, 5.74) is 16.4. The monoisotopic (exact) mass is 332 g/mol. The number of halogens is 4. The fourth-order valence-corrected chi connectivity index (χ4v) is 1.28. The van der Waals surface area contributed by atoms with Gasteiger partial charge in [-0.3, -0.25) is 0 Å². The van der Waals surface area contributed by atoms with Crippen LogP contribution in [0.1, 0.15) is 19.3 Å². The fourth-order valence-electron chi connectivity index (χ4n) is 1.28. The molecule has 0 aromatic heterocycles. The largest absolute Gasteiger partial charge is 0.330 e. The van der Waals surface area contributed by atoms with Crippen LogP contribution in [0.15, 0.2) is 0 Å². The quantitative estimate of drug-likeness (QED) is 0.588. The molecule has 17 heavy (non-hydrogen) atoms. The Bertz CT molecular complexity index is 92.0. The van der Waals surface area contributed by atoms with Gasteiger partial charge in [0.15, 0.2) is 0 Å². The van der Waals surface area contributed by atoms with E-state index in [1.807, 2.05) is 0 Å². The molecule has 0 radical (unpaired) electrons. The van der Waals surface area contributed by atoms with Gasteiger partial charge in [-0.1, -0.05) is 0 Å². The van der Waals surface area contributed by atoms with Gasteiger partial charge in [-0.05, 0) is 58.5 Å². The van der Waals surface area contributed by atoms with E-state index in [0.717, 1.165) is 58.5 Å². The summed E-state index contributed by atoms with van der Waals surface area (Å²) < 4.78 is 0. The van der Waals surface area contributed by atoms with Gasteiger partial charge >= 0.3 is 0 Å². The molecule has 0 aliphatic carbocycles. The van der Waals surface area contributed by atoms with Crippen LogP contribution in [0.3, 0.4) is 0 Å². The van der Waals surface area contributed by atoms with Crippen molar-refractivity contribution in [2.45, 2.75) is 19.3 Å². The van der Waals surface area contributed by atoms with E-state index in [-0.39, 0.29) is 49.6 Å². The number of nitrogens with zero attached hydrogens (tertiary/aromatic N) is 1. The zero-order chi connectivity index (χ0) is 9.94. The van der Waals surface area contributed by atoms with E-state index < -0.39 is 0 Å². The van der Waals surface area contributed by atoms with E-state index in [1.165, 1.54) is 0 Å². The molecular weight excluding hydrogens is 306 g/mol. The second-order valence-corrected chi connectivity index (χ2v) is 3.27. The maximum absolute atomic E-state index is 5.46. The van der Waals surface area contributed by atoms with Crippen LogP contribution in [0.5, 0.6) is 0 Å². The Kier molecular flexibility index (Phi) is 46.6. The van der Waals surface area contributed by atoms with Gasteiger partial charge in [-0.15, -0.1) is 49.6 Å². The summed E-state index contributed by atoms with van der Waals surface area (Å²) in [5, 5.41) is 0. The number of nitrogens with two attached hydrogens (primary N) is 3. The molecule has 0 rings (SSSR count). The Morgan fingerprint density at radius 2 is 0.765 bits per heavy atom. The van der Waals surface area contributed by atoms with Gasteiger partial charge in [0.2, 0.25) is 0 Å². The van der Waals surface area contributed by atoms with E-state index >= 15 is 0 Å². The summed E-state index contributed by atoms with van der Waals surface area (Å²) in [6.45, 7) is 5.54. The molecule has 0 atom stereocenters.